The van der Waals surface area contributed by atoms with Gasteiger partial charge in [-0.1, -0.05) is 44.9 Å². The van der Waals surface area contributed by atoms with E-state index in [1.54, 1.807) is 0 Å². The van der Waals surface area contributed by atoms with Crippen LogP contribution in [0.5, 0.6) is 0 Å². The Bertz CT molecular complexity index is 310. The van der Waals surface area contributed by atoms with E-state index < -0.39 is 0 Å². The number of nitrogens with one attached hydrogen (secondary N) is 1. The number of amides is 2. The molecule has 1 fully saturated rings. The highest BCUT2D eigenvalue weighted by Gasteiger charge is 2.16. The van der Waals surface area contributed by atoms with Crippen LogP contribution in [0, 0.1) is 5.92 Å². The van der Waals surface area contributed by atoms with Gasteiger partial charge in [-0.3, -0.25) is 9.59 Å². The molecule has 0 aromatic carbocycles. The van der Waals surface area contributed by atoms with Crippen LogP contribution in [0.15, 0.2) is 0 Å². The molecule has 2 unspecified atom stereocenters. The van der Waals surface area contributed by atoms with E-state index in [4.69, 9.17) is 5.73 Å². The molecule has 0 radical (unpaired) electrons. The van der Waals surface area contributed by atoms with Crippen LogP contribution >= 0.6 is 22.6 Å². The van der Waals surface area contributed by atoms with Crippen molar-refractivity contribution in [3.05, 3.63) is 0 Å². The third-order valence-corrected chi connectivity index (χ3v) is 4.49. The molecule has 4 nitrogen and oxygen atoms in total. The van der Waals surface area contributed by atoms with Crippen LogP contribution in [0.3, 0.4) is 0 Å². The van der Waals surface area contributed by atoms with Gasteiger partial charge in [-0.2, -0.15) is 0 Å². The zero-order chi connectivity index (χ0) is 14.8. The molecule has 5 heteroatoms. The summed E-state index contributed by atoms with van der Waals surface area (Å²) in [5.74, 6) is -0.0597. The van der Waals surface area contributed by atoms with Crippen LogP contribution < -0.4 is 11.1 Å². The summed E-state index contributed by atoms with van der Waals surface area (Å²) in [6.45, 7) is 0. The minimum atomic E-state index is -0.130. The van der Waals surface area contributed by atoms with E-state index in [0.29, 0.717) is 6.04 Å². The van der Waals surface area contributed by atoms with Crippen LogP contribution in [0.2, 0.25) is 0 Å². The average Bonchev–Trinajstić information content (AvgIpc) is 2.39. The molecule has 1 aliphatic rings. The third-order valence-electron chi connectivity index (χ3n) is 4.18. The molecule has 0 aromatic heterocycles. The molecule has 0 spiro atoms. The highest BCUT2D eigenvalue weighted by molar-refractivity contribution is 14.1. The number of hydrogen-bond acceptors (Lipinski definition) is 2. The molecule has 0 saturated heterocycles. The van der Waals surface area contributed by atoms with Crippen molar-refractivity contribution in [2.45, 2.75) is 76.7 Å². The summed E-state index contributed by atoms with van der Waals surface area (Å²) >= 11 is 1.81. The van der Waals surface area contributed by atoms with Gasteiger partial charge < -0.3 is 11.1 Å². The third kappa shape index (κ3) is 8.07. The van der Waals surface area contributed by atoms with E-state index >= 15 is 0 Å². The van der Waals surface area contributed by atoms with Gasteiger partial charge in [-0.25, -0.2) is 0 Å². The van der Waals surface area contributed by atoms with Gasteiger partial charge in [0.15, 0.2) is 0 Å². The van der Waals surface area contributed by atoms with Crippen LogP contribution in [0.1, 0.15) is 70.6 Å². The van der Waals surface area contributed by atoms with E-state index in [1.807, 2.05) is 22.6 Å². The number of nitrogens with two attached hydrogens (primary N) is 1. The number of carbonyl (C=O) groups excluding carboxylic acids is 2. The summed E-state index contributed by atoms with van der Waals surface area (Å²) in [6.07, 6.45) is 11.9. The molecule has 1 aliphatic carbocycles. The summed E-state index contributed by atoms with van der Waals surface area (Å²) in [4.78, 5) is 22.6. The van der Waals surface area contributed by atoms with Gasteiger partial charge in [0, 0.05) is 34.6 Å². The number of rotatable bonds is 2. The van der Waals surface area contributed by atoms with Crippen LogP contribution in [-0.2, 0) is 4.79 Å². The highest BCUT2D eigenvalue weighted by atomic mass is 127. The van der Waals surface area contributed by atoms with Crippen molar-refractivity contribution in [2.75, 3.05) is 0 Å². The molecule has 0 heterocycles. The Kier molecular flexibility index (Phi) is 9.22. The van der Waals surface area contributed by atoms with Gasteiger partial charge in [0.05, 0.1) is 0 Å². The van der Waals surface area contributed by atoms with E-state index in [0.717, 1.165) is 64.2 Å². The summed E-state index contributed by atoms with van der Waals surface area (Å²) in [5.41, 5.74) is 5.47. The Morgan fingerprint density at radius 3 is 1.75 bits per heavy atom. The fourth-order valence-corrected chi connectivity index (χ4v) is 3.41. The second kappa shape index (κ2) is 10.4. The molecule has 20 heavy (non-hydrogen) atoms. The molecular formula is C15H27IN2O2. The maximum absolute atomic E-state index is 11.4. The molecule has 0 aromatic rings. The second-order valence-electron chi connectivity index (χ2n) is 5.84. The van der Waals surface area contributed by atoms with Crippen molar-refractivity contribution in [1.29, 1.82) is 0 Å². The SMILES string of the molecule is NC(=O)C1CCCCCCC(NC(=O)I)CCCCC1. The van der Waals surface area contributed by atoms with Crippen molar-refractivity contribution >= 4 is 32.4 Å². The Morgan fingerprint density at radius 1 is 0.850 bits per heavy atom. The van der Waals surface area contributed by atoms with Gasteiger partial charge >= 0.3 is 0 Å². The molecule has 0 bridgehead atoms. The standard InChI is InChI=1S/C15H27IN2O2/c16-15(20)18-13-10-6-2-1-4-8-12(14(17)19)9-5-3-7-11-13/h12-13H,1-11H2,(H2,17,19)(H,18,20). The minimum Gasteiger partial charge on any atom is -0.369 e. The lowest BCUT2D eigenvalue weighted by atomic mass is 9.94. The monoisotopic (exact) mass is 394 g/mol. The predicted molar refractivity (Wildman–Crippen MR) is 89.8 cm³/mol. The number of hydrogen-bond donors (Lipinski definition) is 2. The first-order chi connectivity index (χ1) is 9.59. The van der Waals surface area contributed by atoms with E-state index in [9.17, 15) is 9.59 Å². The van der Waals surface area contributed by atoms with Gasteiger partial charge in [0.25, 0.3) is 3.91 Å². The fraction of sp³-hybridized carbons (Fsp3) is 0.867. The Hall–Kier alpha value is -0.330. The Balaban J connectivity index is 2.42. The molecule has 0 aliphatic heterocycles. The number of primary amides is 1. The van der Waals surface area contributed by atoms with E-state index in [2.05, 4.69) is 5.32 Å². The molecular weight excluding hydrogens is 367 g/mol. The first-order valence-electron chi connectivity index (χ1n) is 7.85. The summed E-state index contributed by atoms with van der Waals surface area (Å²) in [6, 6.07) is 0.326. The average molecular weight is 394 g/mol. The lowest BCUT2D eigenvalue weighted by molar-refractivity contribution is -0.122. The second-order valence-corrected chi connectivity index (χ2v) is 6.82. The number of halogens is 1. The Morgan fingerprint density at radius 2 is 1.30 bits per heavy atom. The largest absolute Gasteiger partial charge is 0.369 e. The molecule has 2 amide bonds. The first-order valence-corrected chi connectivity index (χ1v) is 8.92. The minimum absolute atomic E-state index is 0.0470. The quantitative estimate of drug-likeness (QED) is 0.424. The van der Waals surface area contributed by atoms with E-state index in [1.165, 1.54) is 6.42 Å². The number of carbonyl (C=O) groups is 2. The van der Waals surface area contributed by atoms with E-state index in [-0.39, 0.29) is 15.7 Å². The maximum Gasteiger partial charge on any atom is 0.280 e. The molecule has 2 atom stereocenters. The fourth-order valence-electron chi connectivity index (χ4n) is 2.97. The van der Waals surface area contributed by atoms with Crippen LogP contribution in [0.25, 0.3) is 0 Å². The summed E-state index contributed by atoms with van der Waals surface area (Å²) in [5, 5.41) is 3.05. The van der Waals surface area contributed by atoms with Crippen molar-refractivity contribution in [1.82, 2.24) is 5.32 Å². The lowest BCUT2D eigenvalue weighted by Crippen LogP contribution is -2.30. The smallest absolute Gasteiger partial charge is 0.280 e. The molecule has 116 valence electrons. The summed E-state index contributed by atoms with van der Waals surface area (Å²) in [7, 11) is 0. The molecule has 3 N–H and O–H groups in total. The summed E-state index contributed by atoms with van der Waals surface area (Å²) < 4.78 is 0.0470. The van der Waals surface area contributed by atoms with Crippen molar-refractivity contribution in [3.63, 3.8) is 0 Å². The molecule has 1 rings (SSSR count). The van der Waals surface area contributed by atoms with Gasteiger partial charge in [0.2, 0.25) is 5.91 Å². The molecule has 1 saturated carbocycles. The highest BCUT2D eigenvalue weighted by Crippen LogP contribution is 2.21. The van der Waals surface area contributed by atoms with Gasteiger partial charge in [0.1, 0.15) is 0 Å². The first kappa shape index (κ1) is 17.7. The zero-order valence-electron chi connectivity index (χ0n) is 12.2. The Labute approximate surface area is 135 Å². The van der Waals surface area contributed by atoms with Crippen molar-refractivity contribution in [2.24, 2.45) is 11.7 Å². The van der Waals surface area contributed by atoms with Gasteiger partial charge in [-0.05, 0) is 25.7 Å². The van der Waals surface area contributed by atoms with Crippen LogP contribution in [-0.4, -0.2) is 15.9 Å². The topological polar surface area (TPSA) is 72.2 Å². The maximum atomic E-state index is 11.4. The lowest BCUT2D eigenvalue weighted by Gasteiger charge is -2.17. The van der Waals surface area contributed by atoms with Crippen molar-refractivity contribution in [3.8, 4) is 0 Å². The predicted octanol–water partition coefficient (Wildman–Crippen LogP) is 3.91. The van der Waals surface area contributed by atoms with Gasteiger partial charge in [-0.15, -0.1) is 0 Å². The van der Waals surface area contributed by atoms with Crippen LogP contribution in [0.4, 0.5) is 4.79 Å². The normalized spacial score (nSPS) is 26.6. The zero-order valence-corrected chi connectivity index (χ0v) is 14.4. The van der Waals surface area contributed by atoms with Crippen molar-refractivity contribution < 1.29 is 9.59 Å².